The molecule has 0 saturated carbocycles. The van der Waals surface area contributed by atoms with Crippen LogP contribution in [0.1, 0.15) is 29.8 Å². The van der Waals surface area contributed by atoms with E-state index >= 15 is 0 Å². The molecule has 1 amide bonds. The molecule has 1 fully saturated rings. The molecular weight excluding hydrogens is 351 g/mol. The van der Waals surface area contributed by atoms with Gasteiger partial charge >= 0.3 is 6.18 Å². The van der Waals surface area contributed by atoms with Crippen LogP contribution in [0.15, 0.2) is 22.7 Å². The van der Waals surface area contributed by atoms with E-state index in [0.29, 0.717) is 6.61 Å². The van der Waals surface area contributed by atoms with E-state index in [9.17, 15) is 18.0 Å². The van der Waals surface area contributed by atoms with Crippen LogP contribution in [0.3, 0.4) is 0 Å². The van der Waals surface area contributed by atoms with Gasteiger partial charge in [0.1, 0.15) is 0 Å². The number of rotatable bonds is 1. The molecule has 0 unspecified atom stereocenters. The number of carbonyl (C=O) groups is 1. The first-order valence-electron chi connectivity index (χ1n) is 6.40. The second-order valence-electron chi connectivity index (χ2n) is 5.52. The summed E-state index contributed by atoms with van der Waals surface area (Å²) in [5, 5.41) is 0. The molecule has 1 aromatic rings. The number of hydrogen-bond acceptors (Lipinski definition) is 2. The fourth-order valence-electron chi connectivity index (χ4n) is 2.30. The Bertz CT molecular complexity index is 558. The van der Waals surface area contributed by atoms with E-state index < -0.39 is 23.2 Å². The Hall–Kier alpha value is -1.08. The van der Waals surface area contributed by atoms with Crippen molar-refractivity contribution in [1.82, 2.24) is 4.90 Å². The average Bonchev–Trinajstić information content (AvgIpc) is 2.35. The second-order valence-corrected chi connectivity index (χ2v) is 6.44. The number of carbonyl (C=O) groups excluding carboxylic acids is 1. The first-order valence-corrected chi connectivity index (χ1v) is 7.19. The summed E-state index contributed by atoms with van der Waals surface area (Å²) in [6.07, 6.45) is -4.57. The Morgan fingerprint density at radius 1 is 1.38 bits per heavy atom. The summed E-state index contributed by atoms with van der Waals surface area (Å²) in [7, 11) is 0. The van der Waals surface area contributed by atoms with Crippen molar-refractivity contribution in [3.8, 4) is 0 Å². The molecule has 1 heterocycles. The Kier molecular flexibility index (Phi) is 4.35. The lowest BCUT2D eigenvalue weighted by Gasteiger charge is -2.38. The maximum absolute atomic E-state index is 13.1. The molecular formula is C14H15BrF3NO2. The molecule has 3 nitrogen and oxygen atoms in total. The molecule has 1 aliphatic rings. The zero-order valence-corrected chi connectivity index (χ0v) is 13.2. The molecule has 1 saturated heterocycles. The summed E-state index contributed by atoms with van der Waals surface area (Å²) in [5.41, 5.74) is -1.81. The Morgan fingerprint density at radius 3 is 2.62 bits per heavy atom. The van der Waals surface area contributed by atoms with E-state index in [0.717, 1.165) is 6.07 Å². The van der Waals surface area contributed by atoms with Crippen LogP contribution in [0.25, 0.3) is 0 Å². The van der Waals surface area contributed by atoms with Gasteiger partial charge in [-0.1, -0.05) is 15.9 Å². The molecule has 1 aliphatic heterocycles. The smallest absolute Gasteiger partial charge is 0.372 e. The second kappa shape index (κ2) is 5.61. The first kappa shape index (κ1) is 16.3. The highest BCUT2D eigenvalue weighted by Gasteiger charge is 2.38. The number of benzene rings is 1. The van der Waals surface area contributed by atoms with Crippen molar-refractivity contribution in [3.05, 3.63) is 33.8 Å². The van der Waals surface area contributed by atoms with E-state index in [1.165, 1.54) is 17.0 Å². The van der Waals surface area contributed by atoms with Crippen molar-refractivity contribution in [3.63, 3.8) is 0 Å². The van der Waals surface area contributed by atoms with Gasteiger partial charge in [-0.2, -0.15) is 13.2 Å². The third-order valence-electron chi connectivity index (χ3n) is 3.23. The monoisotopic (exact) mass is 365 g/mol. The number of ether oxygens (including phenoxy) is 1. The van der Waals surface area contributed by atoms with Crippen molar-refractivity contribution in [2.45, 2.75) is 25.6 Å². The molecule has 7 heteroatoms. The van der Waals surface area contributed by atoms with Crippen LogP contribution in [0, 0.1) is 0 Å². The predicted octanol–water partition coefficient (Wildman–Crippen LogP) is 3.72. The zero-order valence-electron chi connectivity index (χ0n) is 11.6. The number of halogens is 4. The maximum atomic E-state index is 13.1. The fraction of sp³-hybridized carbons (Fsp3) is 0.500. The highest BCUT2D eigenvalue weighted by Crippen LogP contribution is 2.34. The number of amides is 1. The lowest BCUT2D eigenvalue weighted by molar-refractivity contribution is -0.138. The fourth-order valence-corrected chi connectivity index (χ4v) is 2.66. The number of alkyl halides is 3. The Balaban J connectivity index is 2.35. The SMILES string of the molecule is CC1(C)CN(C(=O)c2ccc(Br)cc2C(F)(F)F)CCO1. The normalized spacial score (nSPS) is 18.7. The topological polar surface area (TPSA) is 29.5 Å². The van der Waals surface area contributed by atoms with Crippen LogP contribution in [0.2, 0.25) is 0 Å². The standard InChI is InChI=1S/C14H15BrF3NO2/c1-13(2)8-19(5-6-21-13)12(20)10-4-3-9(15)7-11(10)14(16,17)18/h3-4,7H,5-6,8H2,1-2H3. The van der Waals surface area contributed by atoms with Gasteiger partial charge in [0.05, 0.1) is 23.3 Å². The molecule has 0 aliphatic carbocycles. The van der Waals surface area contributed by atoms with Crippen LogP contribution >= 0.6 is 15.9 Å². The molecule has 0 spiro atoms. The van der Waals surface area contributed by atoms with Crippen molar-refractivity contribution in [1.29, 1.82) is 0 Å². The molecule has 0 aromatic heterocycles. The summed E-state index contributed by atoms with van der Waals surface area (Å²) in [5.74, 6) is -0.619. The third kappa shape index (κ3) is 3.77. The van der Waals surface area contributed by atoms with Crippen molar-refractivity contribution in [2.75, 3.05) is 19.7 Å². The largest absolute Gasteiger partial charge is 0.417 e. The van der Waals surface area contributed by atoms with Gasteiger partial charge in [0.15, 0.2) is 0 Å². The average molecular weight is 366 g/mol. The highest BCUT2D eigenvalue weighted by atomic mass is 79.9. The predicted molar refractivity (Wildman–Crippen MR) is 75.1 cm³/mol. The zero-order chi connectivity index (χ0) is 15.8. The summed E-state index contributed by atoms with van der Waals surface area (Å²) >= 11 is 3.01. The third-order valence-corrected chi connectivity index (χ3v) is 3.72. The number of morpholine rings is 1. The van der Waals surface area contributed by atoms with Crippen LogP contribution in [0.5, 0.6) is 0 Å². The van der Waals surface area contributed by atoms with E-state index in [-0.39, 0.29) is 23.1 Å². The number of nitrogens with zero attached hydrogens (tertiary/aromatic N) is 1. The van der Waals surface area contributed by atoms with Crippen LogP contribution in [-0.4, -0.2) is 36.1 Å². The van der Waals surface area contributed by atoms with E-state index in [4.69, 9.17) is 4.74 Å². The van der Waals surface area contributed by atoms with E-state index in [1.807, 2.05) is 0 Å². The van der Waals surface area contributed by atoms with Crippen molar-refractivity contribution >= 4 is 21.8 Å². The summed E-state index contributed by atoms with van der Waals surface area (Å²) < 4.78 is 45.0. The first-order chi connectivity index (χ1) is 9.60. The van der Waals surface area contributed by atoms with Gasteiger partial charge in [0, 0.05) is 17.6 Å². The van der Waals surface area contributed by atoms with Gasteiger partial charge in [-0.05, 0) is 32.0 Å². The number of hydrogen-bond donors (Lipinski definition) is 0. The Labute approximate surface area is 129 Å². The summed E-state index contributed by atoms with van der Waals surface area (Å²) in [6.45, 7) is 4.48. The molecule has 0 radical (unpaired) electrons. The molecule has 2 rings (SSSR count). The molecule has 0 bridgehead atoms. The van der Waals surface area contributed by atoms with E-state index in [2.05, 4.69) is 15.9 Å². The molecule has 21 heavy (non-hydrogen) atoms. The van der Waals surface area contributed by atoms with Crippen molar-refractivity contribution in [2.24, 2.45) is 0 Å². The molecule has 0 N–H and O–H groups in total. The Morgan fingerprint density at radius 2 is 2.05 bits per heavy atom. The molecule has 116 valence electrons. The van der Waals surface area contributed by atoms with Gasteiger partial charge < -0.3 is 9.64 Å². The quantitative estimate of drug-likeness (QED) is 0.758. The van der Waals surface area contributed by atoms with Crippen LogP contribution in [-0.2, 0) is 10.9 Å². The summed E-state index contributed by atoms with van der Waals surface area (Å²) in [6, 6.07) is 3.57. The lowest BCUT2D eigenvalue weighted by atomic mass is 10.0. The highest BCUT2D eigenvalue weighted by molar-refractivity contribution is 9.10. The van der Waals surface area contributed by atoms with Gasteiger partial charge in [0.2, 0.25) is 0 Å². The van der Waals surface area contributed by atoms with Gasteiger partial charge in [-0.25, -0.2) is 0 Å². The van der Waals surface area contributed by atoms with Gasteiger partial charge in [-0.3, -0.25) is 4.79 Å². The minimum absolute atomic E-state index is 0.263. The van der Waals surface area contributed by atoms with E-state index in [1.54, 1.807) is 13.8 Å². The van der Waals surface area contributed by atoms with Gasteiger partial charge in [-0.15, -0.1) is 0 Å². The van der Waals surface area contributed by atoms with Gasteiger partial charge in [0.25, 0.3) is 5.91 Å². The maximum Gasteiger partial charge on any atom is 0.417 e. The summed E-state index contributed by atoms with van der Waals surface area (Å²) in [4.78, 5) is 13.8. The lowest BCUT2D eigenvalue weighted by Crippen LogP contribution is -2.50. The molecule has 0 atom stereocenters. The molecule has 1 aromatic carbocycles. The van der Waals surface area contributed by atoms with Crippen LogP contribution < -0.4 is 0 Å². The van der Waals surface area contributed by atoms with Crippen molar-refractivity contribution < 1.29 is 22.7 Å². The van der Waals surface area contributed by atoms with Crippen LogP contribution in [0.4, 0.5) is 13.2 Å². The minimum Gasteiger partial charge on any atom is -0.372 e. The minimum atomic E-state index is -4.57.